The van der Waals surface area contributed by atoms with Gasteiger partial charge in [0.05, 0.1) is 5.92 Å². The highest BCUT2D eigenvalue weighted by molar-refractivity contribution is 4.90. The van der Waals surface area contributed by atoms with Crippen molar-refractivity contribution in [3.05, 3.63) is 0 Å². The maximum Gasteiger partial charge on any atom is 0.256 e. The third-order valence-corrected chi connectivity index (χ3v) is 2.78. The summed E-state index contributed by atoms with van der Waals surface area (Å²) in [5, 5.41) is 0. The van der Waals surface area contributed by atoms with Gasteiger partial charge in [-0.15, -0.1) is 0 Å². The quantitative estimate of drug-likeness (QED) is 0.604. The standard InChI is InChI=1S/C10H16F6/c1-4-9(13,14)7(6(3)8(11)12)10(15,16)5-2/h6-8H,4-5H2,1-3H3. The van der Waals surface area contributed by atoms with Gasteiger partial charge in [0.15, 0.2) is 0 Å². The molecule has 0 heterocycles. The summed E-state index contributed by atoms with van der Waals surface area (Å²) in [6, 6.07) is 0. The third kappa shape index (κ3) is 3.28. The molecule has 98 valence electrons. The van der Waals surface area contributed by atoms with Gasteiger partial charge in [-0.05, 0) is 0 Å². The van der Waals surface area contributed by atoms with E-state index in [0.29, 0.717) is 0 Å². The van der Waals surface area contributed by atoms with Crippen molar-refractivity contribution >= 4 is 0 Å². The van der Waals surface area contributed by atoms with Crippen molar-refractivity contribution in [3.8, 4) is 0 Å². The van der Waals surface area contributed by atoms with Gasteiger partial charge in [-0.3, -0.25) is 0 Å². The number of hydrogen-bond donors (Lipinski definition) is 0. The van der Waals surface area contributed by atoms with Crippen molar-refractivity contribution in [1.82, 2.24) is 0 Å². The molecule has 0 N–H and O–H groups in total. The molecule has 0 saturated heterocycles. The Kier molecular flexibility index (Phi) is 5.14. The Morgan fingerprint density at radius 2 is 1.19 bits per heavy atom. The van der Waals surface area contributed by atoms with Gasteiger partial charge in [-0.25, -0.2) is 26.3 Å². The lowest BCUT2D eigenvalue weighted by Gasteiger charge is -2.36. The van der Waals surface area contributed by atoms with Gasteiger partial charge in [-0.2, -0.15) is 0 Å². The van der Waals surface area contributed by atoms with Gasteiger partial charge in [0.1, 0.15) is 0 Å². The summed E-state index contributed by atoms with van der Waals surface area (Å²) in [6.45, 7) is 2.76. The van der Waals surface area contributed by atoms with E-state index in [1.807, 2.05) is 0 Å². The first kappa shape index (κ1) is 15.6. The van der Waals surface area contributed by atoms with Crippen LogP contribution < -0.4 is 0 Å². The average molecular weight is 250 g/mol. The number of alkyl halides is 6. The molecule has 0 aliphatic rings. The second-order valence-electron chi connectivity index (χ2n) is 3.90. The summed E-state index contributed by atoms with van der Waals surface area (Å²) in [5.74, 6) is -12.2. The lowest BCUT2D eigenvalue weighted by Crippen LogP contribution is -2.47. The van der Waals surface area contributed by atoms with Crippen LogP contribution in [0, 0.1) is 11.8 Å². The van der Waals surface area contributed by atoms with Crippen LogP contribution in [0.3, 0.4) is 0 Å². The monoisotopic (exact) mass is 250 g/mol. The van der Waals surface area contributed by atoms with Crippen molar-refractivity contribution in [2.24, 2.45) is 11.8 Å². The summed E-state index contributed by atoms with van der Waals surface area (Å²) in [6.07, 6.45) is -4.92. The first-order chi connectivity index (χ1) is 7.10. The molecule has 0 bridgehead atoms. The minimum Gasteiger partial charge on any atom is -0.210 e. The lowest BCUT2D eigenvalue weighted by molar-refractivity contribution is -0.208. The van der Waals surface area contributed by atoms with E-state index in [9.17, 15) is 26.3 Å². The minimum atomic E-state index is -3.78. The van der Waals surface area contributed by atoms with Crippen LogP contribution in [0.15, 0.2) is 0 Å². The van der Waals surface area contributed by atoms with Crippen molar-refractivity contribution < 1.29 is 26.3 Å². The molecule has 0 spiro atoms. The highest BCUT2D eigenvalue weighted by Crippen LogP contribution is 2.46. The molecule has 0 aromatic carbocycles. The maximum absolute atomic E-state index is 13.3. The van der Waals surface area contributed by atoms with Crippen LogP contribution in [0.4, 0.5) is 26.3 Å². The Hall–Kier alpha value is -0.420. The predicted octanol–water partition coefficient (Wildman–Crippen LogP) is 4.59. The van der Waals surface area contributed by atoms with Crippen molar-refractivity contribution in [2.45, 2.75) is 51.9 Å². The van der Waals surface area contributed by atoms with Crippen LogP contribution in [0.5, 0.6) is 0 Å². The number of hydrogen-bond acceptors (Lipinski definition) is 0. The van der Waals surface area contributed by atoms with E-state index in [0.717, 1.165) is 20.8 Å². The lowest BCUT2D eigenvalue weighted by atomic mass is 9.80. The summed E-state index contributed by atoms with van der Waals surface area (Å²) in [7, 11) is 0. The molecule has 0 saturated carbocycles. The predicted molar refractivity (Wildman–Crippen MR) is 49.1 cm³/mol. The molecule has 0 radical (unpaired) electrons. The molecule has 6 heteroatoms. The van der Waals surface area contributed by atoms with E-state index >= 15 is 0 Å². The zero-order valence-electron chi connectivity index (χ0n) is 9.41. The topological polar surface area (TPSA) is 0 Å². The summed E-state index contributed by atoms with van der Waals surface area (Å²) >= 11 is 0. The minimum absolute atomic E-state index is 0.739. The molecule has 16 heavy (non-hydrogen) atoms. The molecular formula is C10H16F6. The molecule has 0 fully saturated rings. The molecule has 0 aliphatic heterocycles. The van der Waals surface area contributed by atoms with Gasteiger partial charge in [0.2, 0.25) is 6.43 Å². The molecule has 0 amide bonds. The zero-order valence-corrected chi connectivity index (χ0v) is 9.41. The van der Waals surface area contributed by atoms with Crippen molar-refractivity contribution in [1.29, 1.82) is 0 Å². The zero-order chi connectivity index (χ0) is 13.1. The van der Waals surface area contributed by atoms with Gasteiger partial charge < -0.3 is 0 Å². The van der Waals surface area contributed by atoms with Crippen molar-refractivity contribution in [2.75, 3.05) is 0 Å². The van der Waals surface area contributed by atoms with E-state index in [1.165, 1.54) is 0 Å². The fourth-order valence-electron chi connectivity index (χ4n) is 1.66. The van der Waals surface area contributed by atoms with E-state index in [2.05, 4.69) is 0 Å². The summed E-state index contributed by atoms with van der Waals surface area (Å²) in [5.41, 5.74) is 0. The first-order valence-corrected chi connectivity index (χ1v) is 5.14. The summed E-state index contributed by atoms with van der Waals surface area (Å²) < 4.78 is 77.9. The van der Waals surface area contributed by atoms with Gasteiger partial charge >= 0.3 is 0 Å². The largest absolute Gasteiger partial charge is 0.256 e. The Balaban J connectivity index is 5.22. The molecular weight excluding hydrogens is 234 g/mol. The van der Waals surface area contributed by atoms with Crippen LogP contribution in [0.2, 0.25) is 0 Å². The Morgan fingerprint density at radius 3 is 1.38 bits per heavy atom. The molecule has 0 aromatic rings. The maximum atomic E-state index is 13.3. The molecule has 0 nitrogen and oxygen atoms in total. The van der Waals surface area contributed by atoms with Crippen LogP contribution in [-0.4, -0.2) is 18.3 Å². The summed E-state index contributed by atoms with van der Waals surface area (Å²) in [4.78, 5) is 0. The second kappa shape index (κ2) is 5.27. The third-order valence-electron chi connectivity index (χ3n) is 2.78. The first-order valence-electron chi connectivity index (χ1n) is 5.14. The van der Waals surface area contributed by atoms with Crippen molar-refractivity contribution in [3.63, 3.8) is 0 Å². The van der Waals surface area contributed by atoms with Crippen LogP contribution >= 0.6 is 0 Å². The highest BCUT2D eigenvalue weighted by Gasteiger charge is 2.56. The van der Waals surface area contributed by atoms with E-state index in [1.54, 1.807) is 0 Å². The average Bonchev–Trinajstić information content (AvgIpc) is 2.17. The highest BCUT2D eigenvalue weighted by atomic mass is 19.3. The molecule has 0 rings (SSSR count). The van der Waals surface area contributed by atoms with E-state index in [4.69, 9.17) is 0 Å². The van der Waals surface area contributed by atoms with Crippen LogP contribution in [0.1, 0.15) is 33.6 Å². The normalized spacial score (nSPS) is 15.9. The Bertz CT molecular complexity index is 197. The Morgan fingerprint density at radius 1 is 0.875 bits per heavy atom. The fraction of sp³-hybridized carbons (Fsp3) is 1.00. The number of rotatable bonds is 6. The van der Waals surface area contributed by atoms with Gasteiger partial charge in [-0.1, -0.05) is 20.8 Å². The molecule has 0 aromatic heterocycles. The molecule has 1 atom stereocenters. The SMILES string of the molecule is CCC(F)(F)C(C(C)C(F)F)C(F)(F)CC. The smallest absolute Gasteiger partial charge is 0.210 e. The van der Waals surface area contributed by atoms with E-state index < -0.39 is 42.9 Å². The Labute approximate surface area is 91.0 Å². The van der Waals surface area contributed by atoms with E-state index in [-0.39, 0.29) is 0 Å². The van der Waals surface area contributed by atoms with Crippen LogP contribution in [-0.2, 0) is 0 Å². The fourth-order valence-corrected chi connectivity index (χ4v) is 1.66. The van der Waals surface area contributed by atoms with Gasteiger partial charge in [0, 0.05) is 18.8 Å². The molecule has 1 unspecified atom stereocenters. The molecule has 0 aliphatic carbocycles. The van der Waals surface area contributed by atoms with Gasteiger partial charge in [0.25, 0.3) is 11.8 Å². The number of halogens is 6. The second-order valence-corrected chi connectivity index (χ2v) is 3.90. The van der Waals surface area contributed by atoms with Crippen LogP contribution in [0.25, 0.3) is 0 Å².